The van der Waals surface area contributed by atoms with Gasteiger partial charge in [-0.05, 0) is 25.7 Å². The standard InChI is InChI=1S/C30H54O4/c1-2-3-4-5-6-7-8-9-10-11-12-13-14-15-16-17-18-19-20-21-24-27-25-22-23-26-30(27,28(31)32)29(33)34/h21,24,27H,2-20,22-23,25-26H2,1H3,(H,31,32)(H,33,34)/b24-21+. The Morgan fingerprint density at radius 3 is 1.50 bits per heavy atom. The van der Waals surface area contributed by atoms with Crippen molar-refractivity contribution in [3.05, 3.63) is 12.2 Å². The first-order valence-electron chi connectivity index (χ1n) is 14.7. The third kappa shape index (κ3) is 12.4. The summed E-state index contributed by atoms with van der Waals surface area (Å²) >= 11 is 0. The normalized spacial score (nSPS) is 17.9. The number of unbranched alkanes of at least 4 members (excludes halogenated alkanes) is 18. The van der Waals surface area contributed by atoms with Gasteiger partial charge in [0, 0.05) is 5.92 Å². The second-order valence-corrected chi connectivity index (χ2v) is 10.7. The highest BCUT2D eigenvalue weighted by Crippen LogP contribution is 2.43. The van der Waals surface area contributed by atoms with Crippen LogP contribution in [0.15, 0.2) is 12.2 Å². The summed E-state index contributed by atoms with van der Waals surface area (Å²) < 4.78 is 0. The van der Waals surface area contributed by atoms with Crippen molar-refractivity contribution < 1.29 is 19.8 Å². The van der Waals surface area contributed by atoms with Crippen LogP contribution < -0.4 is 0 Å². The molecule has 0 aromatic rings. The maximum Gasteiger partial charge on any atom is 0.321 e. The van der Waals surface area contributed by atoms with E-state index >= 15 is 0 Å². The van der Waals surface area contributed by atoms with E-state index in [0.717, 1.165) is 19.3 Å². The first-order chi connectivity index (χ1) is 16.6. The summed E-state index contributed by atoms with van der Waals surface area (Å²) in [4.78, 5) is 23.4. The van der Waals surface area contributed by atoms with Crippen LogP contribution in [0.1, 0.15) is 155 Å². The number of rotatable bonds is 22. The first-order valence-corrected chi connectivity index (χ1v) is 14.7. The van der Waals surface area contributed by atoms with Crippen LogP contribution in [-0.2, 0) is 9.59 Å². The molecule has 0 amide bonds. The third-order valence-corrected chi connectivity index (χ3v) is 7.83. The highest BCUT2D eigenvalue weighted by molar-refractivity contribution is 5.99. The molecule has 4 nitrogen and oxygen atoms in total. The van der Waals surface area contributed by atoms with Crippen LogP contribution in [0, 0.1) is 11.3 Å². The summed E-state index contributed by atoms with van der Waals surface area (Å²) in [6, 6.07) is 0. The molecule has 1 aliphatic carbocycles. The van der Waals surface area contributed by atoms with E-state index in [0.29, 0.717) is 12.8 Å². The van der Waals surface area contributed by atoms with Gasteiger partial charge < -0.3 is 10.2 Å². The molecule has 1 saturated carbocycles. The van der Waals surface area contributed by atoms with Gasteiger partial charge in [-0.1, -0.05) is 141 Å². The molecule has 2 N–H and O–H groups in total. The minimum Gasteiger partial charge on any atom is -0.480 e. The molecule has 1 atom stereocenters. The van der Waals surface area contributed by atoms with Gasteiger partial charge in [-0.2, -0.15) is 0 Å². The van der Waals surface area contributed by atoms with Gasteiger partial charge in [0.1, 0.15) is 0 Å². The fourth-order valence-electron chi connectivity index (χ4n) is 5.51. The number of aliphatic carboxylic acids is 2. The number of carboxylic acids is 2. The van der Waals surface area contributed by atoms with Crippen LogP contribution in [0.5, 0.6) is 0 Å². The molecule has 1 rings (SSSR count). The number of hydrogen-bond acceptors (Lipinski definition) is 2. The van der Waals surface area contributed by atoms with Crippen molar-refractivity contribution in [1.82, 2.24) is 0 Å². The van der Waals surface area contributed by atoms with E-state index in [1.54, 1.807) is 0 Å². The Morgan fingerprint density at radius 1 is 0.676 bits per heavy atom. The summed E-state index contributed by atoms with van der Waals surface area (Å²) in [5, 5.41) is 19.2. The zero-order valence-corrected chi connectivity index (χ0v) is 22.2. The van der Waals surface area contributed by atoms with Gasteiger partial charge in [0.25, 0.3) is 0 Å². The van der Waals surface area contributed by atoms with E-state index in [4.69, 9.17) is 0 Å². The summed E-state index contributed by atoms with van der Waals surface area (Å²) in [7, 11) is 0. The molecular formula is C30H54O4. The Labute approximate surface area is 210 Å². The van der Waals surface area contributed by atoms with Crippen LogP contribution in [0.4, 0.5) is 0 Å². The van der Waals surface area contributed by atoms with Crippen LogP contribution >= 0.6 is 0 Å². The number of carboxylic acid groups (broad SMARTS) is 2. The highest BCUT2D eigenvalue weighted by Gasteiger charge is 2.52. The quantitative estimate of drug-likeness (QED) is 0.0923. The van der Waals surface area contributed by atoms with Gasteiger partial charge in [0.05, 0.1) is 0 Å². The van der Waals surface area contributed by atoms with E-state index in [2.05, 4.69) is 6.92 Å². The molecule has 0 saturated heterocycles. The molecule has 0 aromatic carbocycles. The van der Waals surface area contributed by atoms with Crippen LogP contribution in [0.25, 0.3) is 0 Å². The second-order valence-electron chi connectivity index (χ2n) is 10.7. The number of hydrogen-bond donors (Lipinski definition) is 2. The molecule has 0 radical (unpaired) electrons. The fourth-order valence-corrected chi connectivity index (χ4v) is 5.51. The van der Waals surface area contributed by atoms with Crippen LogP contribution in [-0.4, -0.2) is 22.2 Å². The summed E-state index contributed by atoms with van der Waals surface area (Å²) in [5.41, 5.74) is -1.62. The Morgan fingerprint density at radius 2 is 1.09 bits per heavy atom. The molecule has 1 unspecified atom stereocenters. The average Bonchev–Trinajstić information content (AvgIpc) is 2.82. The average molecular weight is 479 g/mol. The fraction of sp³-hybridized carbons (Fsp3) is 0.867. The lowest BCUT2D eigenvalue weighted by Crippen LogP contribution is -2.47. The van der Waals surface area contributed by atoms with Crippen molar-refractivity contribution in [2.75, 3.05) is 0 Å². The minimum atomic E-state index is -1.62. The Bertz CT molecular complexity index is 540. The van der Waals surface area contributed by atoms with Crippen molar-refractivity contribution in [3.8, 4) is 0 Å². The lowest BCUT2D eigenvalue weighted by Gasteiger charge is -2.35. The number of carbonyl (C=O) groups is 2. The van der Waals surface area contributed by atoms with E-state index in [-0.39, 0.29) is 12.3 Å². The molecule has 4 heteroatoms. The van der Waals surface area contributed by atoms with Gasteiger partial charge in [-0.25, -0.2) is 0 Å². The van der Waals surface area contributed by atoms with E-state index in [1.807, 2.05) is 12.2 Å². The van der Waals surface area contributed by atoms with Gasteiger partial charge >= 0.3 is 11.9 Å². The Balaban J connectivity index is 1.94. The van der Waals surface area contributed by atoms with Gasteiger partial charge in [0.2, 0.25) is 0 Å². The van der Waals surface area contributed by atoms with E-state index in [9.17, 15) is 19.8 Å². The molecule has 198 valence electrons. The number of allylic oxidation sites excluding steroid dienone is 2. The Kier molecular flexibility index (Phi) is 18.0. The maximum absolute atomic E-state index is 11.7. The van der Waals surface area contributed by atoms with Crippen LogP contribution in [0.3, 0.4) is 0 Å². The summed E-state index contributed by atoms with van der Waals surface area (Å²) in [5.74, 6) is -2.74. The third-order valence-electron chi connectivity index (χ3n) is 7.83. The van der Waals surface area contributed by atoms with Gasteiger partial charge in [0.15, 0.2) is 5.41 Å². The first kappa shape index (κ1) is 30.7. The summed E-state index contributed by atoms with van der Waals surface area (Å²) in [6.45, 7) is 2.28. The SMILES string of the molecule is CCCCCCCCCCCCCCCCCCCC/C=C/C1CCCCC1(C(=O)O)C(=O)O. The van der Waals surface area contributed by atoms with E-state index in [1.165, 1.54) is 109 Å². The van der Waals surface area contributed by atoms with Crippen molar-refractivity contribution in [2.24, 2.45) is 11.3 Å². The topological polar surface area (TPSA) is 74.6 Å². The predicted molar refractivity (Wildman–Crippen MR) is 142 cm³/mol. The minimum absolute atomic E-state index is 0.242. The maximum atomic E-state index is 11.7. The zero-order chi connectivity index (χ0) is 24.9. The lowest BCUT2D eigenvalue weighted by molar-refractivity contribution is -0.170. The van der Waals surface area contributed by atoms with Crippen molar-refractivity contribution >= 4 is 11.9 Å². The summed E-state index contributed by atoms with van der Waals surface area (Å²) in [6.07, 6.45) is 31.9. The molecule has 1 fully saturated rings. The molecule has 0 heterocycles. The molecule has 0 spiro atoms. The van der Waals surface area contributed by atoms with Gasteiger partial charge in [-0.15, -0.1) is 0 Å². The highest BCUT2D eigenvalue weighted by atomic mass is 16.4. The van der Waals surface area contributed by atoms with Crippen molar-refractivity contribution in [3.63, 3.8) is 0 Å². The molecule has 1 aliphatic rings. The smallest absolute Gasteiger partial charge is 0.321 e. The second kappa shape index (κ2) is 19.9. The molecule has 0 aliphatic heterocycles. The predicted octanol–water partition coefficient (Wildman–Crippen LogP) is 9.32. The van der Waals surface area contributed by atoms with Crippen molar-refractivity contribution in [1.29, 1.82) is 0 Å². The molecule has 34 heavy (non-hydrogen) atoms. The van der Waals surface area contributed by atoms with Crippen molar-refractivity contribution in [2.45, 2.75) is 155 Å². The molecular weight excluding hydrogens is 424 g/mol. The zero-order valence-electron chi connectivity index (χ0n) is 22.2. The molecule has 0 bridgehead atoms. The largest absolute Gasteiger partial charge is 0.480 e. The van der Waals surface area contributed by atoms with E-state index < -0.39 is 17.4 Å². The van der Waals surface area contributed by atoms with Crippen LogP contribution in [0.2, 0.25) is 0 Å². The lowest BCUT2D eigenvalue weighted by atomic mass is 9.66. The monoisotopic (exact) mass is 478 g/mol. The molecule has 0 aromatic heterocycles. The Hall–Kier alpha value is -1.32. The van der Waals surface area contributed by atoms with Gasteiger partial charge in [-0.3, -0.25) is 9.59 Å².